The summed E-state index contributed by atoms with van der Waals surface area (Å²) in [6.07, 6.45) is 0. The smallest absolute Gasteiger partial charge is 0.164 e. The summed E-state index contributed by atoms with van der Waals surface area (Å²) in [4.78, 5) is 15.0. The molecule has 8 aromatic carbocycles. The number of nitrogens with zero attached hydrogens (tertiary/aromatic N) is 4. The van der Waals surface area contributed by atoms with Crippen LogP contribution in [0.15, 0.2) is 200 Å². The van der Waals surface area contributed by atoms with E-state index in [9.17, 15) is 4.39 Å². The van der Waals surface area contributed by atoms with Crippen molar-refractivity contribution >= 4 is 21.8 Å². The highest BCUT2D eigenvalue weighted by Crippen LogP contribution is 2.41. The van der Waals surface area contributed by atoms with E-state index in [1.165, 1.54) is 6.07 Å². The molecule has 0 saturated heterocycles. The standard InChI is InChI=1S/C51H33FN4/c52-42-23-13-22-40(30-42)43-27-24-41(51-54-49(36-18-9-3-10-19-36)53-50(55-51)37-20-11-4-12-21-37)33-48(43)56-46-28-25-38(34-14-5-1-6-15-34)31-44(46)45-32-39(26-29-47(45)56)35-16-7-2-8-17-35/h1-33H. The first-order chi connectivity index (χ1) is 27.7. The molecule has 0 unspecified atom stereocenters. The maximum Gasteiger partial charge on any atom is 0.164 e. The second kappa shape index (κ2) is 14.0. The van der Waals surface area contributed by atoms with Crippen LogP contribution in [0.3, 0.4) is 0 Å². The fourth-order valence-electron chi connectivity index (χ4n) is 7.60. The maximum atomic E-state index is 15.0. The largest absolute Gasteiger partial charge is 0.309 e. The molecule has 10 aromatic rings. The molecule has 2 heterocycles. The zero-order valence-electron chi connectivity index (χ0n) is 30.2. The molecule has 5 heteroatoms. The van der Waals surface area contributed by atoms with Crippen LogP contribution in [0.2, 0.25) is 0 Å². The SMILES string of the molecule is Fc1cccc(-c2ccc(-c3nc(-c4ccccc4)nc(-c4ccccc4)n3)cc2-n2c3ccc(-c4ccccc4)cc3c3cc(-c4ccccc4)ccc32)c1. The van der Waals surface area contributed by atoms with Gasteiger partial charge in [-0.05, 0) is 70.3 Å². The molecule has 264 valence electrons. The van der Waals surface area contributed by atoms with Crippen LogP contribution in [0.25, 0.3) is 95.0 Å². The van der Waals surface area contributed by atoms with Crippen molar-refractivity contribution in [1.29, 1.82) is 0 Å². The highest BCUT2D eigenvalue weighted by Gasteiger charge is 2.20. The Kier molecular flexibility index (Phi) is 8.30. The van der Waals surface area contributed by atoms with Gasteiger partial charge in [0.2, 0.25) is 0 Å². The van der Waals surface area contributed by atoms with Gasteiger partial charge in [-0.15, -0.1) is 0 Å². The van der Waals surface area contributed by atoms with Gasteiger partial charge in [0, 0.05) is 33.0 Å². The summed E-state index contributed by atoms with van der Waals surface area (Å²) in [6.45, 7) is 0. The average molecular weight is 721 g/mol. The summed E-state index contributed by atoms with van der Waals surface area (Å²) in [5.74, 6) is 1.42. The van der Waals surface area contributed by atoms with Crippen LogP contribution in [-0.2, 0) is 0 Å². The first-order valence-corrected chi connectivity index (χ1v) is 18.6. The fraction of sp³-hybridized carbons (Fsp3) is 0. The lowest BCUT2D eigenvalue weighted by molar-refractivity contribution is 0.628. The highest BCUT2D eigenvalue weighted by atomic mass is 19.1. The van der Waals surface area contributed by atoms with Gasteiger partial charge in [-0.2, -0.15) is 0 Å². The topological polar surface area (TPSA) is 43.6 Å². The minimum atomic E-state index is -0.294. The molecule has 0 N–H and O–H groups in total. The maximum absolute atomic E-state index is 15.0. The summed E-state index contributed by atoms with van der Waals surface area (Å²) in [7, 11) is 0. The van der Waals surface area contributed by atoms with Gasteiger partial charge in [-0.25, -0.2) is 19.3 Å². The van der Waals surface area contributed by atoms with Gasteiger partial charge in [-0.3, -0.25) is 0 Å². The van der Waals surface area contributed by atoms with Gasteiger partial charge in [0.15, 0.2) is 17.5 Å². The third-order valence-corrected chi connectivity index (χ3v) is 10.3. The van der Waals surface area contributed by atoms with E-state index in [0.717, 1.165) is 77.6 Å². The first-order valence-electron chi connectivity index (χ1n) is 18.6. The number of fused-ring (bicyclic) bond motifs is 3. The van der Waals surface area contributed by atoms with E-state index in [2.05, 4.69) is 102 Å². The summed E-state index contributed by atoms with van der Waals surface area (Å²) in [5.41, 5.74) is 11.8. The number of aromatic nitrogens is 4. The molecule has 10 rings (SSSR count). The van der Waals surface area contributed by atoms with E-state index in [1.54, 1.807) is 12.1 Å². The quantitative estimate of drug-likeness (QED) is 0.165. The van der Waals surface area contributed by atoms with E-state index >= 15 is 0 Å². The van der Waals surface area contributed by atoms with E-state index < -0.39 is 0 Å². The minimum Gasteiger partial charge on any atom is -0.309 e. The van der Waals surface area contributed by atoms with Crippen LogP contribution in [0.1, 0.15) is 0 Å². The Labute approximate surface area is 323 Å². The van der Waals surface area contributed by atoms with Gasteiger partial charge in [0.1, 0.15) is 5.82 Å². The number of hydrogen-bond donors (Lipinski definition) is 0. The molecule has 0 fully saturated rings. The van der Waals surface area contributed by atoms with Crippen LogP contribution in [0.4, 0.5) is 4.39 Å². The molecule has 4 nitrogen and oxygen atoms in total. The van der Waals surface area contributed by atoms with Crippen LogP contribution in [0.5, 0.6) is 0 Å². The second-order valence-electron chi connectivity index (χ2n) is 13.8. The molecule has 0 radical (unpaired) electrons. The lowest BCUT2D eigenvalue weighted by atomic mass is 10.00. The molecular weight excluding hydrogens is 688 g/mol. The van der Waals surface area contributed by atoms with Crippen molar-refractivity contribution in [2.24, 2.45) is 0 Å². The van der Waals surface area contributed by atoms with Crippen molar-refractivity contribution in [1.82, 2.24) is 19.5 Å². The average Bonchev–Trinajstić information content (AvgIpc) is 3.60. The van der Waals surface area contributed by atoms with Crippen molar-refractivity contribution in [3.8, 4) is 73.2 Å². The summed E-state index contributed by atoms with van der Waals surface area (Å²) >= 11 is 0. The van der Waals surface area contributed by atoms with Gasteiger partial charge < -0.3 is 4.57 Å². The third kappa shape index (κ3) is 6.11. The number of hydrogen-bond acceptors (Lipinski definition) is 3. The zero-order valence-corrected chi connectivity index (χ0v) is 30.2. The highest BCUT2D eigenvalue weighted by molar-refractivity contribution is 6.12. The predicted octanol–water partition coefficient (Wildman–Crippen LogP) is 13.1. The Balaban J connectivity index is 1.25. The Hall–Kier alpha value is -7.50. The lowest BCUT2D eigenvalue weighted by Gasteiger charge is -2.17. The first kappa shape index (κ1) is 33.1. The van der Waals surface area contributed by atoms with Crippen molar-refractivity contribution in [2.75, 3.05) is 0 Å². The third-order valence-electron chi connectivity index (χ3n) is 10.3. The van der Waals surface area contributed by atoms with Crippen LogP contribution in [0, 0.1) is 5.82 Å². The van der Waals surface area contributed by atoms with Crippen molar-refractivity contribution < 1.29 is 4.39 Å². The molecule has 0 aliphatic heterocycles. The molecule has 2 aromatic heterocycles. The van der Waals surface area contributed by atoms with E-state index in [-0.39, 0.29) is 5.82 Å². The summed E-state index contributed by atoms with van der Waals surface area (Å²) in [6, 6.07) is 67.2. The second-order valence-corrected chi connectivity index (χ2v) is 13.8. The lowest BCUT2D eigenvalue weighted by Crippen LogP contribution is -2.02. The predicted molar refractivity (Wildman–Crippen MR) is 227 cm³/mol. The van der Waals surface area contributed by atoms with Gasteiger partial charge in [0.05, 0.1) is 16.7 Å². The van der Waals surface area contributed by atoms with Gasteiger partial charge >= 0.3 is 0 Å². The van der Waals surface area contributed by atoms with E-state index in [0.29, 0.717) is 17.5 Å². The van der Waals surface area contributed by atoms with Crippen LogP contribution in [-0.4, -0.2) is 19.5 Å². The van der Waals surface area contributed by atoms with E-state index in [4.69, 9.17) is 15.0 Å². The van der Waals surface area contributed by atoms with Crippen molar-refractivity contribution in [3.63, 3.8) is 0 Å². The molecule has 0 atom stereocenters. The Morgan fingerprint density at radius 2 is 0.750 bits per heavy atom. The van der Waals surface area contributed by atoms with Gasteiger partial charge in [-0.1, -0.05) is 158 Å². The van der Waals surface area contributed by atoms with Crippen molar-refractivity contribution in [2.45, 2.75) is 0 Å². The number of halogens is 1. The minimum absolute atomic E-state index is 0.294. The van der Waals surface area contributed by atoms with Crippen molar-refractivity contribution in [3.05, 3.63) is 206 Å². The Morgan fingerprint density at radius 3 is 1.23 bits per heavy atom. The molecule has 56 heavy (non-hydrogen) atoms. The van der Waals surface area contributed by atoms with E-state index in [1.807, 2.05) is 84.9 Å². The number of rotatable bonds is 7. The summed E-state index contributed by atoms with van der Waals surface area (Å²) < 4.78 is 17.3. The molecule has 0 saturated carbocycles. The molecular formula is C51H33FN4. The summed E-state index contributed by atoms with van der Waals surface area (Å²) in [5, 5.41) is 2.24. The molecule has 0 aliphatic carbocycles. The fourth-order valence-corrected chi connectivity index (χ4v) is 7.60. The Bertz CT molecular complexity index is 2860. The molecule has 0 spiro atoms. The van der Waals surface area contributed by atoms with Crippen LogP contribution >= 0.6 is 0 Å². The van der Waals surface area contributed by atoms with Crippen LogP contribution < -0.4 is 0 Å². The molecule has 0 bridgehead atoms. The molecule has 0 aliphatic rings. The normalized spacial score (nSPS) is 11.3. The monoisotopic (exact) mass is 720 g/mol. The Morgan fingerprint density at radius 1 is 0.321 bits per heavy atom. The zero-order chi connectivity index (χ0) is 37.4. The molecule has 0 amide bonds. The number of benzene rings is 8. The van der Waals surface area contributed by atoms with Gasteiger partial charge in [0.25, 0.3) is 0 Å².